The van der Waals surface area contributed by atoms with E-state index in [0.717, 1.165) is 41.2 Å². The Morgan fingerprint density at radius 1 is 0.629 bits per heavy atom. The Bertz CT molecular complexity index is 957. The Labute approximate surface area is 212 Å². The fourth-order valence-electron chi connectivity index (χ4n) is 4.32. The van der Waals surface area contributed by atoms with E-state index in [4.69, 9.17) is 9.47 Å². The summed E-state index contributed by atoms with van der Waals surface area (Å²) in [4.78, 5) is 8.75. The molecule has 2 aromatic heterocycles. The number of benzene rings is 1. The van der Waals surface area contributed by atoms with Gasteiger partial charge in [0.1, 0.15) is 5.75 Å². The van der Waals surface area contributed by atoms with Crippen molar-refractivity contribution in [1.82, 2.24) is 9.97 Å². The first-order valence-electron chi connectivity index (χ1n) is 13.5. The zero-order valence-electron chi connectivity index (χ0n) is 21.7. The molecule has 0 saturated carbocycles. The normalized spacial score (nSPS) is 10.9. The van der Waals surface area contributed by atoms with Crippen molar-refractivity contribution in [3.63, 3.8) is 0 Å². The second-order valence-corrected chi connectivity index (χ2v) is 9.28. The second-order valence-electron chi connectivity index (χ2n) is 9.28. The monoisotopic (exact) mass is 474 g/mol. The van der Waals surface area contributed by atoms with E-state index in [0.29, 0.717) is 5.88 Å². The van der Waals surface area contributed by atoms with E-state index in [1.54, 1.807) is 19.5 Å². The summed E-state index contributed by atoms with van der Waals surface area (Å²) < 4.78 is 11.4. The molecule has 0 aliphatic rings. The summed E-state index contributed by atoms with van der Waals surface area (Å²) in [5.74, 6) is 1.51. The first kappa shape index (κ1) is 26.7. The molecule has 0 radical (unpaired) electrons. The molecule has 0 aliphatic carbocycles. The molecule has 3 aromatic rings. The Hall–Kier alpha value is -2.88. The molecule has 0 bridgehead atoms. The van der Waals surface area contributed by atoms with Gasteiger partial charge in [0, 0.05) is 24.0 Å². The summed E-state index contributed by atoms with van der Waals surface area (Å²) in [5.41, 5.74) is 4.06. The van der Waals surface area contributed by atoms with Crippen molar-refractivity contribution >= 4 is 0 Å². The van der Waals surface area contributed by atoms with Crippen molar-refractivity contribution in [3.05, 3.63) is 60.9 Å². The molecule has 2 heterocycles. The zero-order valence-corrected chi connectivity index (χ0v) is 21.7. The molecule has 0 aliphatic heterocycles. The predicted octanol–water partition coefficient (Wildman–Crippen LogP) is 8.90. The molecule has 4 heteroatoms. The van der Waals surface area contributed by atoms with Crippen molar-refractivity contribution in [3.8, 4) is 34.0 Å². The molecule has 35 heavy (non-hydrogen) atoms. The van der Waals surface area contributed by atoms with Gasteiger partial charge in [0.15, 0.2) is 0 Å². The number of nitrogens with zero attached hydrogens (tertiary/aromatic N) is 2. The molecule has 0 N–H and O–H groups in total. The number of hydrogen-bond acceptors (Lipinski definition) is 4. The van der Waals surface area contributed by atoms with Crippen LogP contribution in [0.25, 0.3) is 22.4 Å². The number of pyridine rings is 2. The highest BCUT2D eigenvalue weighted by Gasteiger charge is 2.08. The minimum Gasteiger partial charge on any atom is -0.494 e. The lowest BCUT2D eigenvalue weighted by atomic mass is 10.0. The molecule has 3 rings (SSSR count). The van der Waals surface area contributed by atoms with E-state index in [1.807, 2.05) is 30.3 Å². The maximum absolute atomic E-state index is 5.97. The van der Waals surface area contributed by atoms with Crippen molar-refractivity contribution in [2.75, 3.05) is 13.7 Å². The highest BCUT2D eigenvalue weighted by Crippen LogP contribution is 2.29. The van der Waals surface area contributed by atoms with Crippen LogP contribution in [0.4, 0.5) is 0 Å². The minimum atomic E-state index is 0.599. The number of unbranched alkanes of at least 4 members (excludes halogenated alkanes) is 11. The van der Waals surface area contributed by atoms with Crippen LogP contribution in [0.2, 0.25) is 0 Å². The first-order chi connectivity index (χ1) is 17.3. The van der Waals surface area contributed by atoms with Gasteiger partial charge < -0.3 is 9.47 Å². The standard InChI is InChI=1S/C31H42N2O2/c1-3-4-5-6-7-8-9-10-11-12-13-14-23-35-29-17-15-27(16-18-29)30-24-28(25-31(33-30)34-2)26-19-21-32-22-20-26/h15-22,24-25H,3-14,23H2,1-2H3. The van der Waals surface area contributed by atoms with Crippen molar-refractivity contribution in [1.29, 1.82) is 0 Å². The molecule has 0 saturated heterocycles. The van der Waals surface area contributed by atoms with Gasteiger partial charge in [-0.1, -0.05) is 77.6 Å². The third kappa shape index (κ3) is 9.71. The van der Waals surface area contributed by atoms with Gasteiger partial charge in [0.2, 0.25) is 5.88 Å². The molecule has 188 valence electrons. The summed E-state index contributed by atoms with van der Waals surface area (Å²) in [6.45, 7) is 3.06. The van der Waals surface area contributed by atoms with E-state index < -0.39 is 0 Å². The molecule has 0 amide bonds. The fraction of sp³-hybridized carbons (Fsp3) is 0.484. The van der Waals surface area contributed by atoms with Gasteiger partial charge in [-0.2, -0.15) is 0 Å². The molecular weight excluding hydrogens is 432 g/mol. The third-order valence-corrected chi connectivity index (χ3v) is 6.44. The summed E-state index contributed by atoms with van der Waals surface area (Å²) in [6.07, 6.45) is 19.9. The number of rotatable bonds is 17. The van der Waals surface area contributed by atoms with Crippen LogP contribution in [-0.4, -0.2) is 23.7 Å². The summed E-state index contributed by atoms with van der Waals surface area (Å²) in [6, 6.07) is 16.2. The summed E-state index contributed by atoms with van der Waals surface area (Å²) in [7, 11) is 1.65. The predicted molar refractivity (Wildman–Crippen MR) is 146 cm³/mol. The van der Waals surface area contributed by atoms with Gasteiger partial charge in [-0.25, -0.2) is 4.98 Å². The van der Waals surface area contributed by atoms with Crippen LogP contribution in [0.3, 0.4) is 0 Å². The lowest BCUT2D eigenvalue weighted by Gasteiger charge is -2.10. The molecular formula is C31H42N2O2. The van der Waals surface area contributed by atoms with E-state index in [2.05, 4.69) is 35.1 Å². The van der Waals surface area contributed by atoms with Gasteiger partial charge in [0.25, 0.3) is 0 Å². The Balaban J connectivity index is 1.36. The van der Waals surface area contributed by atoms with Crippen molar-refractivity contribution in [2.45, 2.75) is 84.0 Å². The quantitative estimate of drug-likeness (QED) is 0.183. The van der Waals surface area contributed by atoms with Gasteiger partial charge in [-0.05, 0) is 60.0 Å². The van der Waals surface area contributed by atoms with Crippen LogP contribution in [0, 0.1) is 0 Å². The van der Waals surface area contributed by atoms with Crippen LogP contribution >= 0.6 is 0 Å². The highest BCUT2D eigenvalue weighted by molar-refractivity contribution is 5.71. The fourth-order valence-corrected chi connectivity index (χ4v) is 4.32. The minimum absolute atomic E-state index is 0.599. The maximum Gasteiger partial charge on any atom is 0.214 e. The molecule has 4 nitrogen and oxygen atoms in total. The Morgan fingerprint density at radius 3 is 1.83 bits per heavy atom. The van der Waals surface area contributed by atoms with E-state index >= 15 is 0 Å². The third-order valence-electron chi connectivity index (χ3n) is 6.44. The Kier molecular flexibility index (Phi) is 12.1. The van der Waals surface area contributed by atoms with Crippen molar-refractivity contribution in [2.24, 2.45) is 0 Å². The summed E-state index contributed by atoms with van der Waals surface area (Å²) >= 11 is 0. The van der Waals surface area contributed by atoms with E-state index in [1.165, 1.54) is 70.6 Å². The van der Waals surface area contributed by atoms with Gasteiger partial charge in [-0.15, -0.1) is 0 Å². The van der Waals surface area contributed by atoms with Gasteiger partial charge >= 0.3 is 0 Å². The van der Waals surface area contributed by atoms with Crippen LogP contribution in [0.15, 0.2) is 60.9 Å². The van der Waals surface area contributed by atoms with E-state index in [9.17, 15) is 0 Å². The molecule has 0 spiro atoms. The lowest BCUT2D eigenvalue weighted by Crippen LogP contribution is -1.97. The summed E-state index contributed by atoms with van der Waals surface area (Å²) in [5, 5.41) is 0. The average Bonchev–Trinajstić information content (AvgIpc) is 2.92. The highest BCUT2D eigenvalue weighted by atomic mass is 16.5. The largest absolute Gasteiger partial charge is 0.494 e. The number of hydrogen-bond donors (Lipinski definition) is 0. The lowest BCUT2D eigenvalue weighted by molar-refractivity contribution is 0.304. The smallest absolute Gasteiger partial charge is 0.214 e. The van der Waals surface area contributed by atoms with Crippen LogP contribution in [-0.2, 0) is 0 Å². The van der Waals surface area contributed by atoms with Gasteiger partial charge in [0.05, 0.1) is 19.4 Å². The van der Waals surface area contributed by atoms with Gasteiger partial charge in [-0.3, -0.25) is 4.98 Å². The molecule has 0 unspecified atom stereocenters. The average molecular weight is 475 g/mol. The number of aromatic nitrogens is 2. The van der Waals surface area contributed by atoms with Crippen LogP contribution in [0.1, 0.15) is 84.0 Å². The zero-order chi connectivity index (χ0) is 24.6. The molecule has 0 fully saturated rings. The van der Waals surface area contributed by atoms with E-state index in [-0.39, 0.29) is 0 Å². The molecule has 1 aromatic carbocycles. The topological polar surface area (TPSA) is 44.2 Å². The number of ether oxygens (including phenoxy) is 2. The van der Waals surface area contributed by atoms with Crippen LogP contribution in [0.5, 0.6) is 11.6 Å². The second kappa shape index (κ2) is 15.9. The first-order valence-corrected chi connectivity index (χ1v) is 13.5. The number of methoxy groups -OCH3 is 1. The molecule has 0 atom stereocenters. The SMILES string of the molecule is CCCCCCCCCCCCCCOc1ccc(-c2cc(-c3ccncc3)cc(OC)n2)cc1. The van der Waals surface area contributed by atoms with Crippen molar-refractivity contribution < 1.29 is 9.47 Å². The van der Waals surface area contributed by atoms with Crippen LogP contribution < -0.4 is 9.47 Å². The Morgan fingerprint density at radius 2 is 1.23 bits per heavy atom. The maximum atomic E-state index is 5.97.